The monoisotopic (exact) mass is 476 g/mol. The van der Waals surface area contributed by atoms with E-state index in [0.29, 0.717) is 36.5 Å². The smallest absolute Gasteiger partial charge is 0.243 e. The summed E-state index contributed by atoms with van der Waals surface area (Å²) < 4.78 is 27.2. The topological polar surface area (TPSA) is 64.7 Å². The molecule has 2 aromatic rings. The Morgan fingerprint density at radius 2 is 1.69 bits per heavy atom. The van der Waals surface area contributed by atoms with Crippen LogP contribution in [0.25, 0.3) is 0 Å². The molecule has 2 rings (SSSR count). The van der Waals surface area contributed by atoms with Crippen molar-refractivity contribution in [3.63, 3.8) is 0 Å². The van der Waals surface area contributed by atoms with Gasteiger partial charge in [0.15, 0.2) is 5.11 Å². The van der Waals surface area contributed by atoms with E-state index in [4.69, 9.17) is 12.2 Å². The third-order valence-corrected chi connectivity index (χ3v) is 7.95. The van der Waals surface area contributed by atoms with Gasteiger partial charge in [0.1, 0.15) is 0 Å². The van der Waals surface area contributed by atoms with Gasteiger partial charge >= 0.3 is 0 Å². The summed E-state index contributed by atoms with van der Waals surface area (Å²) in [6, 6.07) is 13.9. The summed E-state index contributed by atoms with van der Waals surface area (Å²) in [7, 11) is -1.42. The van der Waals surface area contributed by atoms with E-state index in [0.717, 1.165) is 12.1 Å². The van der Waals surface area contributed by atoms with Gasteiger partial charge in [-0.15, -0.1) is 0 Å². The Labute approximate surface area is 199 Å². The van der Waals surface area contributed by atoms with Crippen molar-refractivity contribution in [2.75, 3.05) is 25.5 Å². The van der Waals surface area contributed by atoms with E-state index in [9.17, 15) is 8.42 Å². The Kier molecular flexibility index (Phi) is 9.64. The van der Waals surface area contributed by atoms with Gasteiger partial charge in [0.2, 0.25) is 10.0 Å². The Balaban J connectivity index is 2.12. The molecule has 0 amide bonds. The number of nitrogens with one attached hydrogen (secondary N) is 2. The Morgan fingerprint density at radius 3 is 2.28 bits per heavy atom. The molecule has 0 aliphatic rings. The largest absolute Gasteiger partial charge is 0.358 e. The molecule has 0 unspecified atom stereocenters. The molecule has 32 heavy (non-hydrogen) atoms. The molecule has 0 saturated carbocycles. The first-order valence-corrected chi connectivity index (χ1v) is 12.9. The molecule has 6 nitrogen and oxygen atoms in total. The first kappa shape index (κ1) is 26.3. The molecule has 8 heteroatoms. The molecule has 2 aromatic carbocycles. The summed E-state index contributed by atoms with van der Waals surface area (Å²) in [5, 5.41) is 6.89. The average Bonchev–Trinajstić information content (AvgIpc) is 2.75. The highest BCUT2D eigenvalue weighted by atomic mass is 32.2. The summed E-state index contributed by atoms with van der Waals surface area (Å²) in [6.07, 6.45) is 0. The van der Waals surface area contributed by atoms with Crippen molar-refractivity contribution in [3.05, 3.63) is 59.2 Å². The minimum Gasteiger partial charge on any atom is -0.358 e. The summed E-state index contributed by atoms with van der Waals surface area (Å²) in [6.45, 7) is 12.3. The van der Waals surface area contributed by atoms with Crippen molar-refractivity contribution < 1.29 is 8.42 Å². The maximum absolute atomic E-state index is 12.9. The Bertz CT molecular complexity index is 1020. The molecule has 2 N–H and O–H groups in total. The van der Waals surface area contributed by atoms with E-state index >= 15 is 0 Å². The first-order chi connectivity index (χ1) is 15.1. The number of anilines is 1. The molecule has 0 aromatic heterocycles. The van der Waals surface area contributed by atoms with Crippen molar-refractivity contribution in [2.24, 2.45) is 0 Å². The number of hydrogen-bond donors (Lipinski definition) is 2. The molecular weight excluding hydrogens is 440 g/mol. The van der Waals surface area contributed by atoms with Crippen molar-refractivity contribution in [2.45, 2.75) is 58.6 Å². The molecule has 0 heterocycles. The van der Waals surface area contributed by atoms with E-state index in [1.54, 1.807) is 18.2 Å². The van der Waals surface area contributed by atoms with Crippen LogP contribution >= 0.6 is 12.2 Å². The van der Waals surface area contributed by atoms with Crippen molar-refractivity contribution in [1.29, 1.82) is 0 Å². The average molecular weight is 477 g/mol. The van der Waals surface area contributed by atoms with Gasteiger partial charge in [-0.3, -0.25) is 4.90 Å². The van der Waals surface area contributed by atoms with Crippen LogP contribution in [-0.2, 0) is 23.1 Å². The number of benzene rings is 2. The van der Waals surface area contributed by atoms with Gasteiger partial charge in [-0.1, -0.05) is 44.2 Å². The van der Waals surface area contributed by atoms with Crippen LogP contribution in [0.1, 0.15) is 44.4 Å². The van der Waals surface area contributed by atoms with E-state index < -0.39 is 10.0 Å². The van der Waals surface area contributed by atoms with Crippen LogP contribution in [0.4, 0.5) is 5.69 Å². The predicted octanol–water partition coefficient (Wildman–Crippen LogP) is 4.35. The fourth-order valence-corrected chi connectivity index (χ4v) is 4.95. The fraction of sp³-hybridized carbons (Fsp3) is 0.458. The van der Waals surface area contributed by atoms with Crippen LogP contribution in [0.15, 0.2) is 47.4 Å². The highest BCUT2D eigenvalue weighted by Crippen LogP contribution is 2.23. The Hall–Kier alpha value is -2.00. The van der Waals surface area contributed by atoms with E-state index in [2.05, 4.69) is 54.6 Å². The second-order valence-electron chi connectivity index (χ2n) is 8.15. The quantitative estimate of drug-likeness (QED) is 0.497. The van der Waals surface area contributed by atoms with Gasteiger partial charge in [0, 0.05) is 37.9 Å². The number of rotatable bonds is 10. The van der Waals surface area contributed by atoms with Crippen LogP contribution in [0.2, 0.25) is 0 Å². The van der Waals surface area contributed by atoms with Gasteiger partial charge < -0.3 is 10.6 Å². The maximum atomic E-state index is 12.9. The predicted molar refractivity (Wildman–Crippen MR) is 137 cm³/mol. The van der Waals surface area contributed by atoms with Crippen LogP contribution in [0, 0.1) is 6.92 Å². The zero-order valence-electron chi connectivity index (χ0n) is 20.0. The molecular formula is C24H36N4O2S2. The lowest BCUT2D eigenvalue weighted by atomic mass is 10.1. The van der Waals surface area contributed by atoms with Crippen LogP contribution < -0.4 is 10.6 Å². The van der Waals surface area contributed by atoms with E-state index in [-0.39, 0.29) is 4.90 Å². The lowest BCUT2D eigenvalue weighted by Gasteiger charge is -2.23. The third-order valence-electron chi connectivity index (χ3n) is 5.66. The number of nitrogens with zero attached hydrogens (tertiary/aromatic N) is 2. The van der Waals surface area contributed by atoms with Crippen LogP contribution in [-0.4, -0.2) is 48.9 Å². The molecule has 0 atom stereocenters. The molecule has 0 saturated heterocycles. The summed E-state index contributed by atoms with van der Waals surface area (Å²) in [5.41, 5.74) is 4.04. The van der Waals surface area contributed by atoms with Crippen molar-refractivity contribution in [1.82, 2.24) is 14.5 Å². The number of sulfonamides is 1. The highest BCUT2D eigenvalue weighted by molar-refractivity contribution is 7.89. The first-order valence-electron chi connectivity index (χ1n) is 11.0. The number of thiocarbonyl (C=S) groups is 1. The van der Waals surface area contributed by atoms with Crippen LogP contribution in [0.5, 0.6) is 0 Å². The molecule has 0 aliphatic heterocycles. The van der Waals surface area contributed by atoms with Crippen LogP contribution in [0.3, 0.4) is 0 Å². The molecule has 0 bridgehead atoms. The van der Waals surface area contributed by atoms with Gasteiger partial charge in [0.25, 0.3) is 0 Å². The number of hydrogen-bond acceptors (Lipinski definition) is 4. The fourth-order valence-electron chi connectivity index (χ4n) is 3.29. The van der Waals surface area contributed by atoms with Gasteiger partial charge in [-0.05, 0) is 68.9 Å². The zero-order chi connectivity index (χ0) is 23.9. The normalized spacial score (nSPS) is 11.9. The van der Waals surface area contributed by atoms with Gasteiger partial charge in [-0.2, -0.15) is 4.31 Å². The minimum atomic E-state index is -3.53. The standard InChI is InChI=1S/C24H36N4O2S2/c1-7-28(8-2)32(29,30)22-14-13-19(5)23(15-22)26-24(31)25-16-20-11-9-10-12-21(20)17-27(6)18(3)4/h9-15,18H,7-8,16-17H2,1-6H3,(H2,25,26,31). The third kappa shape index (κ3) is 6.75. The maximum Gasteiger partial charge on any atom is 0.243 e. The molecule has 0 fully saturated rings. The SMILES string of the molecule is CCN(CC)S(=O)(=O)c1ccc(C)c(NC(=S)NCc2ccccc2CN(C)C(C)C)c1. The van der Waals surface area contributed by atoms with Crippen molar-refractivity contribution in [3.8, 4) is 0 Å². The molecule has 0 radical (unpaired) electrons. The van der Waals surface area contributed by atoms with Crippen molar-refractivity contribution >= 4 is 33.0 Å². The van der Waals surface area contributed by atoms with E-state index in [1.807, 2.05) is 26.8 Å². The number of aryl methyl sites for hydroxylation is 1. The summed E-state index contributed by atoms with van der Waals surface area (Å²) in [5.74, 6) is 0. The second kappa shape index (κ2) is 11.7. The second-order valence-corrected chi connectivity index (χ2v) is 10.5. The lowest BCUT2D eigenvalue weighted by Crippen LogP contribution is -2.31. The zero-order valence-corrected chi connectivity index (χ0v) is 21.6. The molecule has 176 valence electrons. The summed E-state index contributed by atoms with van der Waals surface area (Å²) >= 11 is 5.51. The molecule has 0 spiro atoms. The van der Waals surface area contributed by atoms with Gasteiger partial charge in [-0.25, -0.2) is 8.42 Å². The lowest BCUT2D eigenvalue weighted by molar-refractivity contribution is 0.265. The van der Waals surface area contributed by atoms with E-state index in [1.165, 1.54) is 15.4 Å². The minimum absolute atomic E-state index is 0.263. The Morgan fingerprint density at radius 1 is 1.06 bits per heavy atom. The highest BCUT2D eigenvalue weighted by Gasteiger charge is 2.22. The molecule has 0 aliphatic carbocycles. The summed E-state index contributed by atoms with van der Waals surface area (Å²) in [4.78, 5) is 2.56. The van der Waals surface area contributed by atoms with Gasteiger partial charge in [0.05, 0.1) is 4.90 Å².